The number of carboxylic acid groups (broad SMARTS) is 1. The molecule has 1 rings (SSSR count). The number of unbranched alkanes of at least 4 members (excludes halogenated alkanes) is 6. The van der Waals surface area contributed by atoms with Crippen LogP contribution >= 0.6 is 0 Å². The summed E-state index contributed by atoms with van der Waals surface area (Å²) in [7, 11) is 0. The van der Waals surface area contributed by atoms with E-state index in [0.29, 0.717) is 6.54 Å². The van der Waals surface area contributed by atoms with Crippen molar-refractivity contribution in [2.24, 2.45) is 5.92 Å². The monoisotopic (exact) mass is 322 g/mol. The fraction of sp³-hybridized carbons (Fsp3) is 0.789. The summed E-state index contributed by atoms with van der Waals surface area (Å²) < 4.78 is 4.42. The molecule has 0 saturated carbocycles. The van der Waals surface area contributed by atoms with Crippen molar-refractivity contribution in [3.8, 4) is 0 Å². The number of carbonyl (C=O) groups is 1. The summed E-state index contributed by atoms with van der Waals surface area (Å²) in [5.41, 5.74) is 0. The Morgan fingerprint density at radius 2 is 1.78 bits per heavy atom. The van der Waals surface area contributed by atoms with Gasteiger partial charge in [0.1, 0.15) is 12.4 Å². The molecule has 0 aliphatic heterocycles. The lowest BCUT2D eigenvalue weighted by Crippen LogP contribution is -2.45. The highest BCUT2D eigenvalue weighted by Gasteiger charge is 2.18. The molecule has 0 spiro atoms. The molecule has 23 heavy (non-hydrogen) atoms. The van der Waals surface area contributed by atoms with Gasteiger partial charge in [-0.2, -0.15) is 0 Å². The number of aryl methyl sites for hydroxylation is 1. The van der Waals surface area contributed by atoms with Gasteiger partial charge < -0.3 is 9.90 Å². The molecule has 0 N–H and O–H groups in total. The Labute approximate surface area is 141 Å². The standard InChI is InChI=1S/C19H34N2O2/c1-4-6-8-9-10-11-12-18-20(13-7-5-2)14-15-21(18)16-17(3)19(22)23/h14-15,17H,4-13,16H2,1-3H3. The Morgan fingerprint density at radius 1 is 1.13 bits per heavy atom. The van der Waals surface area contributed by atoms with Crippen molar-refractivity contribution in [1.82, 2.24) is 4.57 Å². The van der Waals surface area contributed by atoms with Crippen LogP contribution in [0.1, 0.15) is 78.0 Å². The number of carbonyl (C=O) groups excluding carboxylic acids is 1. The van der Waals surface area contributed by atoms with Gasteiger partial charge >= 0.3 is 0 Å². The fourth-order valence-corrected chi connectivity index (χ4v) is 2.92. The summed E-state index contributed by atoms with van der Waals surface area (Å²) in [6, 6.07) is 0. The van der Waals surface area contributed by atoms with E-state index in [2.05, 4.69) is 29.2 Å². The molecule has 4 nitrogen and oxygen atoms in total. The van der Waals surface area contributed by atoms with Crippen LogP contribution in [-0.2, 0) is 24.3 Å². The molecular formula is C19H34N2O2. The zero-order valence-corrected chi connectivity index (χ0v) is 15.2. The first kappa shape index (κ1) is 19.7. The highest BCUT2D eigenvalue weighted by atomic mass is 16.4. The van der Waals surface area contributed by atoms with Gasteiger partial charge in [0.2, 0.25) is 0 Å². The summed E-state index contributed by atoms with van der Waals surface area (Å²) in [4.78, 5) is 11.0. The van der Waals surface area contributed by atoms with Gasteiger partial charge in [0.05, 0.1) is 13.1 Å². The highest BCUT2D eigenvalue weighted by molar-refractivity contribution is 5.66. The summed E-state index contributed by atoms with van der Waals surface area (Å²) in [6.45, 7) is 7.69. The van der Waals surface area contributed by atoms with Crippen molar-refractivity contribution >= 4 is 5.97 Å². The topological polar surface area (TPSA) is 48.9 Å². The van der Waals surface area contributed by atoms with E-state index in [4.69, 9.17) is 0 Å². The van der Waals surface area contributed by atoms with E-state index in [1.165, 1.54) is 50.8 Å². The molecule has 1 aromatic heterocycles. The van der Waals surface area contributed by atoms with Gasteiger partial charge in [-0.05, 0) is 12.8 Å². The number of hydrogen-bond donors (Lipinski definition) is 0. The summed E-state index contributed by atoms with van der Waals surface area (Å²) in [5, 5.41) is 11.0. The van der Waals surface area contributed by atoms with Gasteiger partial charge in [0, 0.05) is 18.3 Å². The molecule has 132 valence electrons. The molecule has 0 radical (unpaired) electrons. The second-order valence-electron chi connectivity index (χ2n) is 6.65. The minimum absolute atomic E-state index is 0.453. The molecule has 0 amide bonds. The largest absolute Gasteiger partial charge is 0.550 e. The van der Waals surface area contributed by atoms with E-state index in [0.717, 1.165) is 19.4 Å². The molecule has 0 fully saturated rings. The Bertz CT molecular complexity index is 454. The summed E-state index contributed by atoms with van der Waals surface area (Å²) in [5.74, 6) is -0.156. The average Bonchev–Trinajstić information content (AvgIpc) is 2.90. The second kappa shape index (κ2) is 11.3. The molecule has 1 aromatic rings. The van der Waals surface area contributed by atoms with Gasteiger partial charge in [-0.3, -0.25) is 0 Å². The molecule has 0 aliphatic carbocycles. The third kappa shape index (κ3) is 7.19. The molecule has 4 heteroatoms. The maximum atomic E-state index is 11.0. The van der Waals surface area contributed by atoms with E-state index in [-0.39, 0.29) is 0 Å². The number of hydrogen-bond acceptors (Lipinski definition) is 2. The summed E-state index contributed by atoms with van der Waals surface area (Å²) in [6.07, 6.45) is 15.2. The number of carboxylic acids is 1. The third-order valence-corrected chi connectivity index (χ3v) is 4.47. The van der Waals surface area contributed by atoms with Crippen LogP contribution in [0.15, 0.2) is 12.4 Å². The third-order valence-electron chi connectivity index (χ3n) is 4.47. The SMILES string of the molecule is CCCCCCCCc1n(CCCC)cc[n+]1CC(C)C(=O)[O-]. The number of nitrogens with zero attached hydrogens (tertiary/aromatic N) is 2. The smallest absolute Gasteiger partial charge is 0.256 e. The normalized spacial score (nSPS) is 12.5. The first-order valence-electron chi connectivity index (χ1n) is 9.38. The summed E-state index contributed by atoms with van der Waals surface area (Å²) >= 11 is 0. The quantitative estimate of drug-likeness (QED) is 0.414. The van der Waals surface area contributed by atoms with Crippen LogP contribution in [0.25, 0.3) is 0 Å². The van der Waals surface area contributed by atoms with Crippen molar-refractivity contribution in [2.75, 3.05) is 0 Å². The van der Waals surface area contributed by atoms with E-state index < -0.39 is 11.9 Å². The van der Waals surface area contributed by atoms with E-state index in [9.17, 15) is 9.90 Å². The van der Waals surface area contributed by atoms with E-state index in [1.54, 1.807) is 6.92 Å². The number of aliphatic carboxylic acids is 1. The Kier molecular flexibility index (Phi) is 9.65. The molecule has 0 aromatic carbocycles. The van der Waals surface area contributed by atoms with E-state index >= 15 is 0 Å². The fourth-order valence-electron chi connectivity index (χ4n) is 2.92. The average molecular weight is 322 g/mol. The van der Waals surface area contributed by atoms with Gasteiger partial charge in [0.15, 0.2) is 0 Å². The lowest BCUT2D eigenvalue weighted by molar-refractivity contribution is -0.708. The van der Waals surface area contributed by atoms with Crippen LogP contribution in [0.2, 0.25) is 0 Å². The van der Waals surface area contributed by atoms with Gasteiger partial charge in [-0.25, -0.2) is 9.13 Å². The zero-order valence-electron chi connectivity index (χ0n) is 15.2. The first-order valence-corrected chi connectivity index (χ1v) is 9.38. The van der Waals surface area contributed by atoms with Crippen LogP contribution in [0.5, 0.6) is 0 Å². The Balaban J connectivity index is 2.62. The van der Waals surface area contributed by atoms with Crippen LogP contribution in [0.3, 0.4) is 0 Å². The Hall–Kier alpha value is -1.32. The molecule has 1 unspecified atom stereocenters. The first-order chi connectivity index (χ1) is 11.1. The maximum Gasteiger partial charge on any atom is 0.256 e. The minimum atomic E-state index is -0.968. The van der Waals surface area contributed by atoms with E-state index in [1.807, 2.05) is 6.20 Å². The second-order valence-corrected chi connectivity index (χ2v) is 6.65. The van der Waals surface area contributed by atoms with Crippen molar-refractivity contribution in [1.29, 1.82) is 0 Å². The zero-order chi connectivity index (χ0) is 17.1. The van der Waals surface area contributed by atoms with Crippen LogP contribution < -0.4 is 9.67 Å². The van der Waals surface area contributed by atoms with Gasteiger partial charge in [-0.15, -0.1) is 0 Å². The molecular weight excluding hydrogens is 288 g/mol. The van der Waals surface area contributed by atoms with Crippen LogP contribution in [0.4, 0.5) is 0 Å². The lowest BCUT2D eigenvalue weighted by atomic mass is 10.1. The van der Waals surface area contributed by atoms with Gasteiger partial charge in [0.25, 0.3) is 5.82 Å². The maximum absolute atomic E-state index is 11.0. The predicted molar refractivity (Wildman–Crippen MR) is 90.8 cm³/mol. The van der Waals surface area contributed by atoms with Crippen molar-refractivity contribution < 1.29 is 14.5 Å². The van der Waals surface area contributed by atoms with Crippen LogP contribution in [0, 0.1) is 5.92 Å². The molecule has 0 aliphatic rings. The molecule has 1 atom stereocenters. The van der Waals surface area contributed by atoms with Crippen molar-refractivity contribution in [3.05, 3.63) is 18.2 Å². The Morgan fingerprint density at radius 3 is 2.43 bits per heavy atom. The molecule has 0 bridgehead atoms. The number of rotatable bonds is 13. The highest BCUT2D eigenvalue weighted by Crippen LogP contribution is 2.10. The molecule has 0 saturated heterocycles. The predicted octanol–water partition coefficient (Wildman–Crippen LogP) is 2.86. The number of imidazole rings is 1. The lowest BCUT2D eigenvalue weighted by Gasteiger charge is -2.12. The minimum Gasteiger partial charge on any atom is -0.550 e. The molecule has 1 heterocycles. The van der Waals surface area contributed by atoms with Crippen molar-refractivity contribution in [2.45, 2.75) is 91.6 Å². The van der Waals surface area contributed by atoms with Gasteiger partial charge in [-0.1, -0.05) is 59.3 Å². The number of aromatic nitrogens is 2. The van der Waals surface area contributed by atoms with Crippen LogP contribution in [-0.4, -0.2) is 10.5 Å². The van der Waals surface area contributed by atoms with Crippen molar-refractivity contribution in [3.63, 3.8) is 0 Å².